The summed E-state index contributed by atoms with van der Waals surface area (Å²) in [7, 11) is 0. The van der Waals surface area contributed by atoms with Crippen molar-refractivity contribution < 1.29 is 24.2 Å². The molecule has 2 amide bonds. The maximum atomic E-state index is 13.5. The lowest BCUT2D eigenvalue weighted by atomic mass is 9.92. The van der Waals surface area contributed by atoms with Crippen molar-refractivity contribution in [2.24, 2.45) is 5.92 Å². The molecule has 0 spiro atoms. The monoisotopic (exact) mass is 454 g/mol. The molecule has 3 aliphatic heterocycles. The first kappa shape index (κ1) is 23.5. The lowest BCUT2D eigenvalue weighted by molar-refractivity contribution is -0.149. The molecule has 1 aromatic rings. The lowest BCUT2D eigenvalue weighted by Crippen LogP contribution is -2.48. The molecule has 0 saturated carbocycles. The Bertz CT molecular complexity index is 898. The van der Waals surface area contributed by atoms with Crippen LogP contribution in [0.2, 0.25) is 0 Å². The molecule has 7 heteroatoms. The van der Waals surface area contributed by atoms with Crippen LogP contribution < -0.4 is 0 Å². The molecule has 1 aromatic carbocycles. The minimum atomic E-state index is -0.456. The number of amides is 2. The summed E-state index contributed by atoms with van der Waals surface area (Å²) in [4.78, 5) is 42.4. The van der Waals surface area contributed by atoms with E-state index in [9.17, 15) is 19.5 Å². The van der Waals surface area contributed by atoms with E-state index in [4.69, 9.17) is 4.74 Å². The molecule has 178 valence electrons. The number of rotatable bonds is 3. The molecule has 3 unspecified atom stereocenters. The molecule has 3 aliphatic rings. The number of carbonyl (C=O) groups excluding carboxylic acids is 3. The highest BCUT2D eigenvalue weighted by molar-refractivity contribution is 5.86. The van der Waals surface area contributed by atoms with Crippen LogP contribution in [-0.4, -0.2) is 64.5 Å². The molecule has 33 heavy (non-hydrogen) atoms. The maximum Gasteiger partial charge on any atom is 0.305 e. The van der Waals surface area contributed by atoms with Gasteiger partial charge in [-0.1, -0.05) is 36.4 Å². The van der Waals surface area contributed by atoms with Crippen molar-refractivity contribution in [1.29, 1.82) is 0 Å². The SMILES string of the molecule is O=C1CCCC=CCC(CC(=O)N2Cc3ccccc3CC2CO)C(=O)N2CCCC2CO1. The van der Waals surface area contributed by atoms with Crippen LogP contribution in [0.15, 0.2) is 36.4 Å². The molecule has 0 bridgehead atoms. The van der Waals surface area contributed by atoms with Gasteiger partial charge >= 0.3 is 5.97 Å². The van der Waals surface area contributed by atoms with Crippen LogP contribution in [0.3, 0.4) is 0 Å². The van der Waals surface area contributed by atoms with E-state index in [1.54, 1.807) is 4.90 Å². The van der Waals surface area contributed by atoms with E-state index in [0.29, 0.717) is 38.8 Å². The molecule has 3 atom stereocenters. The Balaban J connectivity index is 1.50. The Kier molecular flexibility index (Phi) is 7.81. The van der Waals surface area contributed by atoms with Crippen LogP contribution >= 0.6 is 0 Å². The van der Waals surface area contributed by atoms with E-state index < -0.39 is 5.92 Å². The summed E-state index contributed by atoms with van der Waals surface area (Å²) in [5.74, 6) is -0.804. The van der Waals surface area contributed by atoms with Crippen molar-refractivity contribution in [3.05, 3.63) is 47.5 Å². The van der Waals surface area contributed by atoms with Crippen molar-refractivity contribution in [2.45, 2.75) is 70.0 Å². The predicted octanol–water partition coefficient (Wildman–Crippen LogP) is 2.60. The van der Waals surface area contributed by atoms with Crippen LogP contribution in [-0.2, 0) is 32.1 Å². The van der Waals surface area contributed by atoms with E-state index in [2.05, 4.69) is 0 Å². The minimum Gasteiger partial charge on any atom is -0.463 e. The molecule has 0 aliphatic carbocycles. The Morgan fingerprint density at radius 2 is 1.94 bits per heavy atom. The number of ether oxygens (including phenoxy) is 1. The molecule has 1 fully saturated rings. The zero-order valence-corrected chi connectivity index (χ0v) is 19.2. The van der Waals surface area contributed by atoms with Gasteiger partial charge in [0.2, 0.25) is 11.8 Å². The molecule has 4 rings (SSSR count). The zero-order valence-electron chi connectivity index (χ0n) is 19.2. The molecular weight excluding hydrogens is 420 g/mol. The summed E-state index contributed by atoms with van der Waals surface area (Å²) in [5.41, 5.74) is 2.26. The molecule has 1 N–H and O–H groups in total. The molecule has 0 radical (unpaired) electrons. The second-order valence-corrected chi connectivity index (χ2v) is 9.34. The number of benzene rings is 1. The fraction of sp³-hybridized carbons (Fsp3) is 0.577. The van der Waals surface area contributed by atoms with Crippen LogP contribution in [0.4, 0.5) is 0 Å². The second kappa shape index (κ2) is 11.0. The molecule has 7 nitrogen and oxygen atoms in total. The van der Waals surface area contributed by atoms with Crippen molar-refractivity contribution in [3.8, 4) is 0 Å². The number of aliphatic hydroxyl groups is 1. The van der Waals surface area contributed by atoms with E-state index in [0.717, 1.165) is 30.4 Å². The number of cyclic esters (lactones) is 1. The number of allylic oxidation sites excluding steroid dienone is 2. The largest absolute Gasteiger partial charge is 0.463 e. The molecule has 3 heterocycles. The summed E-state index contributed by atoms with van der Waals surface area (Å²) in [6.07, 6.45) is 8.72. The second-order valence-electron chi connectivity index (χ2n) is 9.34. The van der Waals surface area contributed by atoms with Gasteiger partial charge in [0.1, 0.15) is 6.61 Å². The fourth-order valence-electron chi connectivity index (χ4n) is 5.18. The molecule has 0 aromatic heterocycles. The number of hydrogen-bond acceptors (Lipinski definition) is 5. The number of esters is 1. The summed E-state index contributed by atoms with van der Waals surface area (Å²) < 4.78 is 5.43. The van der Waals surface area contributed by atoms with Crippen molar-refractivity contribution in [1.82, 2.24) is 9.80 Å². The van der Waals surface area contributed by atoms with Crippen molar-refractivity contribution >= 4 is 17.8 Å². The van der Waals surface area contributed by atoms with Crippen LogP contribution in [0, 0.1) is 5.92 Å². The van der Waals surface area contributed by atoms with Gasteiger partial charge in [0.25, 0.3) is 0 Å². The van der Waals surface area contributed by atoms with E-state index in [-0.39, 0.29) is 49.5 Å². The van der Waals surface area contributed by atoms with Gasteiger partial charge in [-0.05, 0) is 49.7 Å². The van der Waals surface area contributed by atoms with E-state index in [1.807, 2.05) is 41.3 Å². The average molecular weight is 455 g/mol. The topological polar surface area (TPSA) is 87.2 Å². The van der Waals surface area contributed by atoms with Crippen LogP contribution in [0.5, 0.6) is 0 Å². The number of aliphatic hydroxyl groups excluding tert-OH is 1. The lowest BCUT2D eigenvalue weighted by Gasteiger charge is -2.37. The zero-order chi connectivity index (χ0) is 23.2. The third-order valence-electron chi connectivity index (χ3n) is 7.09. The standard InChI is InChI=1S/C26H34N2O5/c29-17-23-14-19-8-5-6-10-21(19)16-28(23)24(30)15-20-9-3-1-2-4-12-25(31)33-18-22-11-7-13-27(22)26(20)32/h1,3,5-6,8,10,20,22-23,29H,2,4,7,9,11-18H2. The van der Waals surface area contributed by atoms with Crippen LogP contribution in [0.25, 0.3) is 0 Å². The smallest absolute Gasteiger partial charge is 0.305 e. The van der Waals surface area contributed by atoms with Gasteiger partial charge in [-0.15, -0.1) is 0 Å². The third-order valence-corrected chi connectivity index (χ3v) is 7.09. The minimum absolute atomic E-state index is 0.0382. The molecular formula is C26H34N2O5. The van der Waals surface area contributed by atoms with Crippen molar-refractivity contribution in [3.63, 3.8) is 0 Å². The Hall–Kier alpha value is -2.67. The van der Waals surface area contributed by atoms with E-state index in [1.165, 1.54) is 0 Å². The quantitative estimate of drug-likeness (QED) is 0.560. The maximum absolute atomic E-state index is 13.5. The highest BCUT2D eigenvalue weighted by Crippen LogP contribution is 2.28. The van der Waals surface area contributed by atoms with E-state index >= 15 is 0 Å². The number of hydrogen-bond donors (Lipinski definition) is 1. The summed E-state index contributed by atoms with van der Waals surface area (Å²) in [5, 5.41) is 9.95. The molecule has 1 saturated heterocycles. The predicted molar refractivity (Wildman–Crippen MR) is 123 cm³/mol. The summed E-state index contributed by atoms with van der Waals surface area (Å²) >= 11 is 0. The normalized spacial score (nSPS) is 26.5. The van der Waals surface area contributed by atoms with Gasteiger partial charge in [-0.3, -0.25) is 14.4 Å². The van der Waals surface area contributed by atoms with Crippen LogP contribution in [0.1, 0.15) is 56.1 Å². The Morgan fingerprint density at radius 3 is 2.76 bits per heavy atom. The van der Waals surface area contributed by atoms with Gasteiger partial charge < -0.3 is 19.6 Å². The van der Waals surface area contributed by atoms with Gasteiger partial charge in [0.15, 0.2) is 0 Å². The van der Waals surface area contributed by atoms with Gasteiger partial charge in [-0.25, -0.2) is 0 Å². The van der Waals surface area contributed by atoms with Gasteiger partial charge in [0.05, 0.1) is 24.6 Å². The Labute approximate surface area is 195 Å². The first-order chi connectivity index (χ1) is 16.1. The highest BCUT2D eigenvalue weighted by Gasteiger charge is 2.36. The number of nitrogens with zero attached hydrogens (tertiary/aromatic N) is 2. The number of carbonyl (C=O) groups is 3. The van der Waals surface area contributed by atoms with Gasteiger partial charge in [-0.2, -0.15) is 0 Å². The van der Waals surface area contributed by atoms with Crippen molar-refractivity contribution in [2.75, 3.05) is 19.8 Å². The first-order valence-corrected chi connectivity index (χ1v) is 12.1. The summed E-state index contributed by atoms with van der Waals surface area (Å²) in [6.45, 7) is 1.22. The average Bonchev–Trinajstić information content (AvgIpc) is 3.30. The van der Waals surface area contributed by atoms with Gasteiger partial charge in [0, 0.05) is 25.9 Å². The fourth-order valence-corrected chi connectivity index (χ4v) is 5.18. The highest BCUT2D eigenvalue weighted by atomic mass is 16.5. The Morgan fingerprint density at radius 1 is 1.12 bits per heavy atom. The number of fused-ring (bicyclic) bond motifs is 2. The third kappa shape index (κ3) is 5.64. The first-order valence-electron chi connectivity index (χ1n) is 12.1. The summed E-state index contributed by atoms with van der Waals surface area (Å²) in [6, 6.07) is 7.62.